The van der Waals surface area contributed by atoms with Gasteiger partial charge in [-0.25, -0.2) is 0 Å². The van der Waals surface area contributed by atoms with E-state index in [1.54, 1.807) is 18.6 Å². The second kappa shape index (κ2) is 10.1. The molecular weight excluding hydrogens is 374 g/mol. The summed E-state index contributed by atoms with van der Waals surface area (Å²) in [6.45, 7) is 1.87. The largest absolute Gasteiger partial charge is 0.375 e. The van der Waals surface area contributed by atoms with Crippen LogP contribution in [0.15, 0.2) is 79.3 Å². The van der Waals surface area contributed by atoms with Crippen LogP contribution in [0.3, 0.4) is 0 Å². The molecule has 3 aromatic rings. The summed E-state index contributed by atoms with van der Waals surface area (Å²) in [5.41, 5.74) is 3.40. The Bertz CT molecular complexity index is 879. The van der Waals surface area contributed by atoms with Crippen LogP contribution < -0.4 is 0 Å². The summed E-state index contributed by atoms with van der Waals surface area (Å²) in [6, 6.07) is 21.1. The van der Waals surface area contributed by atoms with Crippen LogP contribution in [0.25, 0.3) is 0 Å². The van der Waals surface area contributed by atoms with Crippen LogP contribution in [0.5, 0.6) is 0 Å². The Balaban J connectivity index is 1.41. The van der Waals surface area contributed by atoms with E-state index in [0.29, 0.717) is 32.5 Å². The zero-order chi connectivity index (χ0) is 20.6. The summed E-state index contributed by atoms with van der Waals surface area (Å²) < 4.78 is 6.08. The Labute approximate surface area is 177 Å². The van der Waals surface area contributed by atoms with Crippen molar-refractivity contribution in [3.05, 3.63) is 96.1 Å². The average Bonchev–Trinajstić information content (AvgIpc) is 2.83. The molecule has 0 radical (unpaired) electrons. The van der Waals surface area contributed by atoms with Crippen LogP contribution in [0.2, 0.25) is 0 Å². The van der Waals surface area contributed by atoms with Crippen LogP contribution >= 0.6 is 0 Å². The highest BCUT2D eigenvalue weighted by Gasteiger charge is 2.27. The predicted octanol–water partition coefficient (Wildman–Crippen LogP) is 3.86. The number of carbonyl (C=O) groups is 1. The number of hydrogen-bond acceptors (Lipinski definition) is 4. The summed E-state index contributed by atoms with van der Waals surface area (Å²) in [7, 11) is 0. The van der Waals surface area contributed by atoms with Gasteiger partial charge in [-0.1, -0.05) is 60.7 Å². The van der Waals surface area contributed by atoms with Crippen molar-refractivity contribution in [2.75, 3.05) is 19.7 Å². The van der Waals surface area contributed by atoms with E-state index in [1.165, 1.54) is 11.1 Å². The van der Waals surface area contributed by atoms with Gasteiger partial charge in [-0.15, -0.1) is 0 Å². The molecule has 5 nitrogen and oxygen atoms in total. The lowest BCUT2D eigenvalue weighted by molar-refractivity contribution is -0.139. The third-order valence-electron chi connectivity index (χ3n) is 5.61. The quantitative estimate of drug-likeness (QED) is 0.603. The Morgan fingerprint density at radius 1 is 1.03 bits per heavy atom. The molecule has 0 aliphatic carbocycles. The van der Waals surface area contributed by atoms with Gasteiger partial charge in [0.05, 0.1) is 18.4 Å². The summed E-state index contributed by atoms with van der Waals surface area (Å²) in [5.74, 6) is 0.400. The first-order chi connectivity index (χ1) is 14.8. The molecule has 1 aliphatic rings. The number of aromatic nitrogens is 2. The lowest BCUT2D eigenvalue weighted by Crippen LogP contribution is -2.46. The Kier molecular flexibility index (Phi) is 6.83. The Hall–Kier alpha value is -3.05. The number of amides is 1. The van der Waals surface area contributed by atoms with Crippen molar-refractivity contribution in [3.63, 3.8) is 0 Å². The van der Waals surface area contributed by atoms with Crippen molar-refractivity contribution < 1.29 is 9.53 Å². The number of ether oxygens (including phenoxy) is 1. The van der Waals surface area contributed by atoms with E-state index < -0.39 is 0 Å². The number of morpholine rings is 1. The zero-order valence-electron chi connectivity index (χ0n) is 17.1. The summed E-state index contributed by atoms with van der Waals surface area (Å²) >= 11 is 0. The molecule has 2 heterocycles. The minimum absolute atomic E-state index is 0.0182. The van der Waals surface area contributed by atoms with Crippen molar-refractivity contribution in [2.45, 2.75) is 31.3 Å². The summed E-state index contributed by atoms with van der Waals surface area (Å²) in [6.07, 6.45) is 6.97. The van der Waals surface area contributed by atoms with Crippen LogP contribution in [-0.2, 0) is 16.0 Å². The van der Waals surface area contributed by atoms with E-state index in [4.69, 9.17) is 4.74 Å². The molecule has 30 heavy (non-hydrogen) atoms. The number of aryl methyl sites for hydroxylation is 1. The number of nitrogens with zero attached hydrogens (tertiary/aromatic N) is 3. The highest BCUT2D eigenvalue weighted by molar-refractivity contribution is 5.76. The third kappa shape index (κ3) is 5.30. The molecule has 5 heteroatoms. The van der Waals surface area contributed by atoms with Gasteiger partial charge in [0.15, 0.2) is 0 Å². The first-order valence-corrected chi connectivity index (χ1v) is 10.5. The minimum atomic E-state index is 0.0182. The standard InChI is InChI=1S/C25H27N3O2/c29-25(12-11-22-18-26-13-14-27-22)28-15-16-30-23(19-28)17-24(20-7-3-1-4-8-20)21-9-5-2-6-10-21/h1-10,13-14,18,23-24H,11-12,15-17,19H2/t23-/m1/s1. The maximum atomic E-state index is 12.8. The van der Waals surface area contributed by atoms with E-state index in [0.717, 1.165) is 12.1 Å². The Morgan fingerprint density at radius 2 is 1.73 bits per heavy atom. The van der Waals surface area contributed by atoms with Gasteiger partial charge in [0, 0.05) is 44.0 Å². The second-order valence-corrected chi connectivity index (χ2v) is 7.64. The first-order valence-electron chi connectivity index (χ1n) is 10.5. The van der Waals surface area contributed by atoms with Gasteiger partial charge < -0.3 is 9.64 Å². The first kappa shape index (κ1) is 20.2. The van der Waals surface area contributed by atoms with Gasteiger partial charge >= 0.3 is 0 Å². The Morgan fingerprint density at radius 3 is 2.37 bits per heavy atom. The van der Waals surface area contributed by atoms with Gasteiger partial charge in [-0.3, -0.25) is 14.8 Å². The van der Waals surface area contributed by atoms with Crippen molar-refractivity contribution in [3.8, 4) is 0 Å². The number of carbonyl (C=O) groups excluding carboxylic acids is 1. The molecule has 0 bridgehead atoms. The normalized spacial score (nSPS) is 16.6. The van der Waals surface area contributed by atoms with E-state index in [1.807, 2.05) is 17.0 Å². The van der Waals surface area contributed by atoms with E-state index in [2.05, 4.69) is 58.5 Å². The lowest BCUT2D eigenvalue weighted by atomic mass is 9.86. The van der Waals surface area contributed by atoms with Crippen LogP contribution in [-0.4, -0.2) is 46.6 Å². The lowest BCUT2D eigenvalue weighted by Gasteiger charge is -2.35. The van der Waals surface area contributed by atoms with Crippen molar-refractivity contribution in [1.82, 2.24) is 14.9 Å². The van der Waals surface area contributed by atoms with Gasteiger partial charge in [-0.2, -0.15) is 0 Å². The van der Waals surface area contributed by atoms with Gasteiger partial charge in [0.2, 0.25) is 5.91 Å². The summed E-state index contributed by atoms with van der Waals surface area (Å²) in [5, 5.41) is 0. The van der Waals surface area contributed by atoms with Crippen LogP contribution in [0.1, 0.15) is 35.6 Å². The van der Waals surface area contributed by atoms with Crippen LogP contribution in [0.4, 0.5) is 0 Å². The molecule has 0 saturated carbocycles. The van der Waals surface area contributed by atoms with E-state index in [-0.39, 0.29) is 17.9 Å². The molecule has 1 aliphatic heterocycles. The predicted molar refractivity (Wildman–Crippen MR) is 116 cm³/mol. The number of rotatable bonds is 7. The van der Waals surface area contributed by atoms with Crippen LogP contribution in [0, 0.1) is 0 Å². The molecular formula is C25H27N3O2. The summed E-state index contributed by atoms with van der Waals surface area (Å²) in [4.78, 5) is 23.0. The van der Waals surface area contributed by atoms with Gasteiger partial charge in [-0.05, 0) is 24.0 Å². The van der Waals surface area contributed by atoms with E-state index >= 15 is 0 Å². The molecule has 2 aromatic carbocycles. The third-order valence-corrected chi connectivity index (χ3v) is 5.61. The number of hydrogen-bond donors (Lipinski definition) is 0. The van der Waals surface area contributed by atoms with E-state index in [9.17, 15) is 4.79 Å². The molecule has 154 valence electrons. The van der Waals surface area contributed by atoms with Crippen molar-refractivity contribution >= 4 is 5.91 Å². The zero-order valence-corrected chi connectivity index (χ0v) is 17.1. The molecule has 1 fully saturated rings. The van der Waals surface area contributed by atoms with Crippen molar-refractivity contribution in [2.24, 2.45) is 0 Å². The molecule has 1 amide bonds. The molecule has 1 aromatic heterocycles. The minimum Gasteiger partial charge on any atom is -0.375 e. The molecule has 1 saturated heterocycles. The molecule has 4 rings (SSSR count). The fourth-order valence-corrected chi connectivity index (χ4v) is 4.04. The molecule has 1 atom stereocenters. The second-order valence-electron chi connectivity index (χ2n) is 7.64. The molecule has 0 spiro atoms. The topological polar surface area (TPSA) is 55.3 Å². The van der Waals surface area contributed by atoms with Crippen molar-refractivity contribution in [1.29, 1.82) is 0 Å². The fraction of sp³-hybridized carbons (Fsp3) is 0.320. The fourth-order valence-electron chi connectivity index (χ4n) is 4.04. The molecule has 0 unspecified atom stereocenters. The maximum absolute atomic E-state index is 12.8. The van der Waals surface area contributed by atoms with Gasteiger partial charge in [0.1, 0.15) is 0 Å². The molecule has 0 N–H and O–H groups in total. The SMILES string of the molecule is O=C(CCc1cnccn1)N1CCO[C@H](CC(c2ccccc2)c2ccccc2)C1. The smallest absolute Gasteiger partial charge is 0.223 e. The highest BCUT2D eigenvalue weighted by atomic mass is 16.5. The number of benzene rings is 2. The monoisotopic (exact) mass is 401 g/mol. The maximum Gasteiger partial charge on any atom is 0.223 e. The van der Waals surface area contributed by atoms with Gasteiger partial charge in [0.25, 0.3) is 0 Å². The average molecular weight is 402 g/mol. The highest BCUT2D eigenvalue weighted by Crippen LogP contribution is 2.31.